The van der Waals surface area contributed by atoms with Gasteiger partial charge in [-0.1, -0.05) is 13.8 Å². The smallest absolute Gasteiger partial charge is 0.339 e. The fourth-order valence-corrected chi connectivity index (χ4v) is 3.96. The molecule has 0 saturated heterocycles. The van der Waals surface area contributed by atoms with Crippen molar-refractivity contribution in [2.24, 2.45) is 5.92 Å². The molecular weight excluding hydrogens is 440 g/mol. The molecule has 0 unspecified atom stereocenters. The van der Waals surface area contributed by atoms with Gasteiger partial charge in [-0.25, -0.2) is 9.59 Å². The van der Waals surface area contributed by atoms with Crippen molar-refractivity contribution in [3.63, 3.8) is 0 Å². The van der Waals surface area contributed by atoms with Gasteiger partial charge in [-0.05, 0) is 56.7 Å². The van der Waals surface area contributed by atoms with Gasteiger partial charge in [0, 0.05) is 28.8 Å². The lowest BCUT2D eigenvalue weighted by molar-refractivity contribution is -0.142. The number of carboxylic acid groups (broad SMARTS) is 1. The zero-order valence-electron chi connectivity index (χ0n) is 20.0. The van der Waals surface area contributed by atoms with Crippen molar-refractivity contribution in [3.05, 3.63) is 45.0 Å². The Morgan fingerprint density at radius 2 is 1.62 bits per heavy atom. The van der Waals surface area contributed by atoms with Gasteiger partial charge < -0.3 is 24.6 Å². The fourth-order valence-electron chi connectivity index (χ4n) is 3.96. The van der Waals surface area contributed by atoms with Crippen LogP contribution in [-0.2, 0) is 20.8 Å². The maximum atomic E-state index is 12.6. The lowest BCUT2D eigenvalue weighted by atomic mass is 10.0. The van der Waals surface area contributed by atoms with Gasteiger partial charge in [0.05, 0.1) is 6.54 Å². The topological polar surface area (TPSA) is 139 Å². The van der Waals surface area contributed by atoms with Gasteiger partial charge in [-0.15, -0.1) is 0 Å². The number of hydrogen-bond donors (Lipinski definition) is 3. The molecule has 0 bridgehead atoms. The maximum absolute atomic E-state index is 12.6. The molecule has 2 aromatic heterocycles. The minimum atomic E-state index is -1.12. The number of carbonyl (C=O) groups is 3. The Labute approximate surface area is 196 Å². The van der Waals surface area contributed by atoms with Gasteiger partial charge in [0.2, 0.25) is 11.8 Å². The van der Waals surface area contributed by atoms with E-state index in [1.54, 1.807) is 6.07 Å². The summed E-state index contributed by atoms with van der Waals surface area (Å²) in [5.41, 5.74) is 2.69. The van der Waals surface area contributed by atoms with Gasteiger partial charge in [-0.3, -0.25) is 9.59 Å². The van der Waals surface area contributed by atoms with E-state index < -0.39 is 29.5 Å². The third-order valence-electron chi connectivity index (χ3n) is 5.97. The summed E-state index contributed by atoms with van der Waals surface area (Å²) < 4.78 is 11.2. The largest absolute Gasteiger partial charge is 0.480 e. The van der Waals surface area contributed by atoms with Gasteiger partial charge in [0.1, 0.15) is 23.0 Å². The number of benzene rings is 1. The number of rotatable bonds is 9. The molecule has 0 aliphatic heterocycles. The average Bonchev–Trinajstić information content (AvgIpc) is 3.02. The van der Waals surface area contributed by atoms with Crippen molar-refractivity contribution in [1.82, 2.24) is 10.6 Å². The first-order valence-corrected chi connectivity index (χ1v) is 11.2. The number of amides is 2. The second kappa shape index (κ2) is 10.1. The molecule has 1 aromatic carbocycles. The van der Waals surface area contributed by atoms with Crippen LogP contribution in [0.5, 0.6) is 0 Å². The molecular formula is C25H30N2O7. The molecule has 0 saturated carbocycles. The molecule has 0 spiro atoms. The first-order valence-electron chi connectivity index (χ1n) is 11.2. The van der Waals surface area contributed by atoms with E-state index in [9.17, 15) is 24.3 Å². The zero-order valence-corrected chi connectivity index (χ0v) is 20.0. The van der Waals surface area contributed by atoms with Crippen LogP contribution in [0.25, 0.3) is 21.9 Å². The minimum absolute atomic E-state index is 0.0230. The van der Waals surface area contributed by atoms with Crippen molar-refractivity contribution in [2.75, 3.05) is 6.54 Å². The highest BCUT2D eigenvalue weighted by Gasteiger charge is 2.21. The molecule has 0 aliphatic rings. The number of aliphatic carboxylic acids is 1. The standard InChI is InChI=1S/C25H30N2O7/c1-12(2)8-19(24(30)31)27-23(29)11-26-22(28)7-6-16-14(4)18-9-17-13(3)15(5)33-20(17)10-21(18)34-25(16)32/h9-10,12,19H,6-8,11H2,1-5H3,(H,26,28)(H,27,29)(H,30,31)/t19-/m0/s1. The first-order chi connectivity index (χ1) is 16.0. The number of hydrogen-bond acceptors (Lipinski definition) is 6. The van der Waals surface area contributed by atoms with Crippen molar-refractivity contribution >= 4 is 39.7 Å². The Balaban J connectivity index is 1.66. The number of carbonyl (C=O) groups excluding carboxylic acids is 2. The summed E-state index contributed by atoms with van der Waals surface area (Å²) in [6.07, 6.45) is 0.408. The Morgan fingerprint density at radius 1 is 0.971 bits per heavy atom. The van der Waals surface area contributed by atoms with Crippen molar-refractivity contribution in [2.45, 2.75) is 59.9 Å². The van der Waals surface area contributed by atoms with Crippen LogP contribution in [0.1, 0.15) is 49.1 Å². The second-order valence-corrected chi connectivity index (χ2v) is 8.99. The quantitative estimate of drug-likeness (QED) is 0.408. The average molecular weight is 471 g/mol. The summed E-state index contributed by atoms with van der Waals surface area (Å²) in [6, 6.07) is 2.62. The molecule has 3 N–H and O–H groups in total. The van der Waals surface area contributed by atoms with Crippen LogP contribution < -0.4 is 16.3 Å². The van der Waals surface area contributed by atoms with E-state index in [0.29, 0.717) is 16.7 Å². The van der Waals surface area contributed by atoms with Gasteiger partial charge >= 0.3 is 11.6 Å². The molecule has 0 aliphatic carbocycles. The molecule has 0 radical (unpaired) electrons. The molecule has 9 heteroatoms. The summed E-state index contributed by atoms with van der Waals surface area (Å²) in [7, 11) is 0. The van der Waals surface area contributed by atoms with Crippen molar-refractivity contribution in [3.8, 4) is 0 Å². The van der Waals surface area contributed by atoms with Crippen molar-refractivity contribution in [1.29, 1.82) is 0 Å². The molecule has 2 amide bonds. The third-order valence-corrected chi connectivity index (χ3v) is 5.97. The van der Waals surface area contributed by atoms with Crippen LogP contribution >= 0.6 is 0 Å². The molecule has 1 atom stereocenters. The van der Waals surface area contributed by atoms with Crippen LogP contribution in [0.15, 0.2) is 25.8 Å². The third kappa shape index (κ3) is 5.47. The monoisotopic (exact) mass is 470 g/mol. The van der Waals surface area contributed by atoms with Crippen LogP contribution in [-0.4, -0.2) is 35.5 Å². The second-order valence-electron chi connectivity index (χ2n) is 8.99. The van der Waals surface area contributed by atoms with Crippen LogP contribution in [0.4, 0.5) is 0 Å². The van der Waals surface area contributed by atoms with E-state index >= 15 is 0 Å². The Hall–Kier alpha value is -3.62. The predicted octanol–water partition coefficient (Wildman–Crippen LogP) is 3.13. The van der Waals surface area contributed by atoms with Crippen molar-refractivity contribution < 1.29 is 28.3 Å². The van der Waals surface area contributed by atoms with Crippen LogP contribution in [0.2, 0.25) is 0 Å². The highest BCUT2D eigenvalue weighted by atomic mass is 16.4. The van der Waals surface area contributed by atoms with Crippen LogP contribution in [0.3, 0.4) is 0 Å². The Kier molecular flexibility index (Phi) is 7.44. The van der Waals surface area contributed by atoms with Gasteiger partial charge in [-0.2, -0.15) is 0 Å². The molecule has 3 aromatic rings. The Bertz CT molecular complexity index is 1320. The van der Waals surface area contributed by atoms with E-state index in [1.807, 2.05) is 40.7 Å². The molecule has 3 rings (SSSR count). The summed E-state index contributed by atoms with van der Waals surface area (Å²) >= 11 is 0. The maximum Gasteiger partial charge on any atom is 0.339 e. The zero-order chi connectivity index (χ0) is 25.2. The first kappa shape index (κ1) is 25.0. The van der Waals surface area contributed by atoms with Crippen LogP contribution in [0, 0.1) is 26.7 Å². The number of carboxylic acids is 1. The molecule has 9 nitrogen and oxygen atoms in total. The lowest BCUT2D eigenvalue weighted by Crippen LogP contribution is -2.46. The Morgan fingerprint density at radius 3 is 2.26 bits per heavy atom. The molecule has 34 heavy (non-hydrogen) atoms. The fraction of sp³-hybridized carbons (Fsp3) is 0.440. The van der Waals surface area contributed by atoms with E-state index in [2.05, 4.69) is 10.6 Å². The minimum Gasteiger partial charge on any atom is -0.480 e. The summed E-state index contributed by atoms with van der Waals surface area (Å²) in [5.74, 6) is -1.25. The van der Waals surface area contributed by atoms with E-state index in [-0.39, 0.29) is 31.7 Å². The molecule has 0 fully saturated rings. The number of fused-ring (bicyclic) bond motifs is 2. The normalized spacial score (nSPS) is 12.3. The summed E-state index contributed by atoms with van der Waals surface area (Å²) in [4.78, 5) is 48.2. The highest BCUT2D eigenvalue weighted by molar-refractivity contribution is 5.97. The lowest BCUT2D eigenvalue weighted by Gasteiger charge is -2.16. The molecule has 182 valence electrons. The SMILES string of the molecule is Cc1oc2cc3oc(=O)c(CCC(=O)NCC(=O)N[C@@H](CC(C)C)C(=O)O)c(C)c3cc2c1C. The van der Waals surface area contributed by atoms with Gasteiger partial charge in [0.15, 0.2) is 0 Å². The number of nitrogens with one attached hydrogen (secondary N) is 2. The van der Waals surface area contributed by atoms with E-state index in [1.165, 1.54) is 0 Å². The highest BCUT2D eigenvalue weighted by Crippen LogP contribution is 2.31. The van der Waals surface area contributed by atoms with E-state index in [0.717, 1.165) is 27.7 Å². The summed E-state index contributed by atoms with van der Waals surface area (Å²) in [6.45, 7) is 9.02. The van der Waals surface area contributed by atoms with E-state index in [4.69, 9.17) is 8.83 Å². The van der Waals surface area contributed by atoms with Gasteiger partial charge in [0.25, 0.3) is 0 Å². The molecule has 2 heterocycles. The number of furan rings is 1. The summed E-state index contributed by atoms with van der Waals surface area (Å²) in [5, 5.41) is 15.8. The number of aryl methyl sites for hydroxylation is 3. The predicted molar refractivity (Wildman–Crippen MR) is 127 cm³/mol.